The molecule has 48 heteroatoms. The van der Waals surface area contributed by atoms with Crippen molar-refractivity contribution in [3.05, 3.63) is 162 Å². The van der Waals surface area contributed by atoms with Crippen LogP contribution in [0.2, 0.25) is 80.6 Å². The summed E-state index contributed by atoms with van der Waals surface area (Å²) in [4.78, 5) is 19.1. The normalized spacial score (nSPS) is 9.07. The zero-order chi connectivity index (χ0) is 72.0. The Morgan fingerprint density at radius 3 is 0.789 bits per heavy atom. The molecule has 0 saturated carbocycles. The molecule has 0 atom stereocenters. The minimum absolute atomic E-state index is 0.0218. The van der Waals surface area contributed by atoms with E-state index in [0.717, 1.165) is 0 Å². The van der Waals surface area contributed by atoms with Crippen LogP contribution < -0.4 is 0 Å². The topological polar surface area (TPSA) is 363 Å². The lowest BCUT2D eigenvalue weighted by Crippen LogP contribution is -1.95. The summed E-state index contributed by atoms with van der Waals surface area (Å²) in [6.07, 6.45) is 0. The molecule has 0 unspecified atom stereocenters. The molecule has 0 amide bonds. The van der Waals surface area contributed by atoms with Crippen molar-refractivity contribution in [2.24, 2.45) is 0 Å². The predicted molar refractivity (Wildman–Crippen MR) is 347 cm³/mol. The van der Waals surface area contributed by atoms with Crippen molar-refractivity contribution in [3.63, 3.8) is 0 Å². The van der Waals surface area contributed by atoms with E-state index in [9.17, 15) is 35.1 Å². The summed E-state index contributed by atoms with van der Waals surface area (Å²) in [5.41, 5.74) is -2.23. The Morgan fingerprint density at radius 1 is 0.244 bits per heavy atom. The van der Waals surface area contributed by atoms with Crippen LogP contribution in [0.15, 0.2) is 0 Å². The van der Waals surface area contributed by atoms with Crippen LogP contribution in [0.25, 0.3) is 0 Å². The van der Waals surface area contributed by atoms with E-state index in [2.05, 4.69) is 29.9 Å². The van der Waals surface area contributed by atoms with Crippen molar-refractivity contribution in [1.29, 1.82) is 62.5 Å². The molecule has 90 heavy (non-hydrogen) atoms. The lowest BCUT2D eigenvalue weighted by atomic mass is 10.3. The SMILES string of the molecule is CP=N.CP=N.CP=N.CP=N.CP=N.CP=N.N#Cc1nc(Cl)c(Cl)c(Cl)c1Cl.N#Cc1nc(Cl)c(Cl)c(F)c1Cl.N#Cc1nc(F)c(Cl)c(Cl)c1Cl.N#Cc1nc(F)c(Cl)c(Cl)c1F.N#Cc1nc(F)c(Cl)c(F)c1Cl.N#Cc1nc(F)c(F)c(Cl)c1Cl. The molecule has 6 heterocycles. The second-order valence-electron chi connectivity index (χ2n) is 12.2. The van der Waals surface area contributed by atoms with Crippen molar-refractivity contribution < 1.29 is 35.1 Å². The van der Waals surface area contributed by atoms with Gasteiger partial charge in [0.15, 0.2) is 67.7 Å². The first-order valence-electron chi connectivity index (χ1n) is 20.1. The second kappa shape index (κ2) is 55.9. The van der Waals surface area contributed by atoms with E-state index in [1.807, 2.05) is 0 Å². The summed E-state index contributed by atoms with van der Waals surface area (Å²) >= 11 is 86.1. The van der Waals surface area contributed by atoms with Crippen LogP contribution in [0, 0.1) is 146 Å². The quantitative estimate of drug-likeness (QED) is 0.0469. The number of rotatable bonds is 0. The fourth-order valence-corrected chi connectivity index (χ4v) is 6.19. The van der Waals surface area contributed by atoms with E-state index in [4.69, 9.17) is 248 Å². The molecule has 18 nitrogen and oxygen atoms in total. The molecular weight excluding hydrogens is 1660 g/mol. The molecule has 0 radical (unpaired) electrons. The van der Waals surface area contributed by atoms with E-state index in [-0.39, 0.29) is 67.6 Å². The van der Waals surface area contributed by atoms with E-state index < -0.39 is 94.3 Å². The van der Waals surface area contributed by atoms with Gasteiger partial charge in [0, 0.05) is 0 Å². The van der Waals surface area contributed by atoms with Gasteiger partial charge in [-0.3, -0.25) is 31.0 Å². The van der Waals surface area contributed by atoms with E-state index in [0.29, 0.717) is 50.2 Å². The third-order valence-electron chi connectivity index (χ3n) is 6.54. The number of hydrogen-bond acceptors (Lipinski definition) is 18. The number of nitriles is 6. The smallest absolute Gasteiger partial charge is 0.251 e. The first-order valence-corrected chi connectivity index (χ1v) is 34.2. The zero-order valence-corrected chi connectivity index (χ0v) is 61.6. The third-order valence-corrected chi connectivity index (χ3v) is 12.8. The zero-order valence-electron chi connectivity index (χ0n) is 44.1. The maximum absolute atomic E-state index is 12.9. The molecule has 6 aromatic heterocycles. The first kappa shape index (κ1) is 97.6. The average Bonchev–Trinajstić information content (AvgIpc) is 1.99. The van der Waals surface area contributed by atoms with Gasteiger partial charge >= 0.3 is 0 Å². The van der Waals surface area contributed by atoms with Gasteiger partial charge in [-0.15, -0.1) is 0 Å². The van der Waals surface area contributed by atoms with E-state index in [1.54, 1.807) is 58.2 Å². The Balaban J connectivity index is -0.000000223. The predicted octanol–water partition coefficient (Wildman–Crippen LogP) is 25.2. The summed E-state index contributed by atoms with van der Waals surface area (Å²) in [5.74, 6) is -9.36. The highest BCUT2D eigenvalue weighted by Gasteiger charge is 2.21. The largest absolute Gasteiger partial charge is 0.284 e. The van der Waals surface area contributed by atoms with Gasteiger partial charge in [-0.2, -0.15) is 49.1 Å². The van der Waals surface area contributed by atoms with Crippen LogP contribution in [-0.2, 0) is 0 Å². The Morgan fingerprint density at radius 2 is 0.456 bits per heavy atom. The lowest BCUT2D eigenvalue weighted by Gasteiger charge is -2.01. The van der Waals surface area contributed by atoms with Gasteiger partial charge in [0.1, 0.15) is 76.6 Å². The molecule has 0 aliphatic heterocycles. The molecule has 0 aliphatic carbocycles. The summed E-state index contributed by atoms with van der Waals surface area (Å²) < 4.78 is 101. The Kier molecular flexibility index (Phi) is 60.6. The van der Waals surface area contributed by atoms with Crippen LogP contribution in [0.1, 0.15) is 34.2 Å². The van der Waals surface area contributed by atoms with Gasteiger partial charge in [-0.25, -0.2) is 47.5 Å². The Labute approximate surface area is 596 Å². The van der Waals surface area contributed by atoms with Crippen LogP contribution in [0.3, 0.4) is 0 Å². The molecule has 6 N–H and O–H groups in total. The summed E-state index contributed by atoms with van der Waals surface area (Å²) in [7, 11) is 4.00. The summed E-state index contributed by atoms with van der Waals surface area (Å²) in [6.45, 7) is 10.6. The molecule has 6 aromatic rings. The number of hydrogen-bond donors (Lipinski definition) is 6. The molecule has 0 aromatic carbocycles. The highest BCUT2D eigenvalue weighted by atomic mass is 35.5. The maximum Gasteiger partial charge on any atom is 0.251 e. The summed E-state index contributed by atoms with van der Waals surface area (Å²) in [6, 6.07) is 9.12. The minimum Gasteiger partial charge on any atom is -0.284 e. The van der Waals surface area contributed by atoms with Crippen molar-refractivity contribution in [2.45, 2.75) is 0 Å². The molecule has 0 aliphatic rings. The Hall–Kier alpha value is -3.48. The van der Waals surface area contributed by atoms with Crippen molar-refractivity contribution >= 4 is 236 Å². The van der Waals surface area contributed by atoms with Gasteiger partial charge in [0.25, 0.3) is 5.95 Å². The summed E-state index contributed by atoms with van der Waals surface area (Å²) in [5, 5.41) is 81.9. The standard InChI is InChI=1S/C6Cl4N2.2C6Cl3FN2.3C6Cl2F2N2.6CH4NP/c7-3-2(1-11)12-6(10)5(9)4(3)8;7-3-2(1-11)12-6(9)4(8)5(3)10;7-3-2(1-11)12-6(10)5(9)4(3)8;7-3-4(8)6(10)12-2(1-11)5(3)9;7-3-2(1-11)12-6(10)4(8)5(3)9;7-3-2(1-11)12-6(10)5(9)4(3)8;6*1-3-2/h;;;;;;6*2H,1H3. The molecule has 0 bridgehead atoms. The highest BCUT2D eigenvalue weighted by Crippen LogP contribution is 2.37. The number of halogens is 24. The minimum atomic E-state index is -1.43. The number of pyridine rings is 6. The van der Waals surface area contributed by atoms with Crippen LogP contribution in [-0.4, -0.2) is 69.9 Å². The van der Waals surface area contributed by atoms with E-state index >= 15 is 0 Å². The second-order valence-corrected chi connectivity index (χ2v) is 20.9. The first-order chi connectivity index (χ1) is 41.9. The number of nitrogens with one attached hydrogen (secondary N) is 6. The fraction of sp³-hybridized carbons (Fsp3) is 0.143. The van der Waals surface area contributed by atoms with Crippen molar-refractivity contribution in [3.8, 4) is 36.4 Å². The highest BCUT2D eigenvalue weighted by molar-refractivity contribution is 7.24. The molecule has 0 fully saturated rings. The maximum atomic E-state index is 12.9. The lowest BCUT2D eigenvalue weighted by molar-refractivity contribution is 0.479. The van der Waals surface area contributed by atoms with Crippen LogP contribution in [0.4, 0.5) is 35.1 Å². The molecule has 480 valence electrons. The van der Waals surface area contributed by atoms with Gasteiger partial charge in [0.05, 0.1) is 30.1 Å². The average molecular weight is 1690 g/mol. The molecule has 6 rings (SSSR count). The Bertz CT molecular complexity index is 3130. The van der Waals surface area contributed by atoms with Gasteiger partial charge in [-0.05, 0) is 90.2 Å². The van der Waals surface area contributed by atoms with Crippen molar-refractivity contribution in [1.82, 2.24) is 29.9 Å². The monoisotopic (exact) mass is 1680 g/mol. The van der Waals surface area contributed by atoms with Crippen LogP contribution >= 0.6 is 236 Å². The van der Waals surface area contributed by atoms with Crippen LogP contribution in [0.5, 0.6) is 0 Å². The fourth-order valence-electron chi connectivity index (χ4n) is 3.37. The van der Waals surface area contributed by atoms with Gasteiger partial charge < -0.3 is 0 Å². The molecular formula is C42H24Cl16F8N18P6. The van der Waals surface area contributed by atoms with Crippen molar-refractivity contribution in [2.75, 3.05) is 40.0 Å². The number of nitrogens with zero attached hydrogens (tertiary/aromatic N) is 12. The third kappa shape index (κ3) is 35.7. The van der Waals surface area contributed by atoms with Gasteiger partial charge in [0.2, 0.25) is 17.8 Å². The number of aromatic nitrogens is 6. The van der Waals surface area contributed by atoms with E-state index in [1.165, 1.54) is 18.2 Å². The molecule has 0 saturated heterocycles. The molecule has 0 spiro atoms. The van der Waals surface area contributed by atoms with Gasteiger partial charge in [-0.1, -0.05) is 186 Å².